The van der Waals surface area contributed by atoms with Crippen LogP contribution in [0.1, 0.15) is 41.5 Å². The Morgan fingerprint density at radius 3 is 2.31 bits per heavy atom. The summed E-state index contributed by atoms with van der Waals surface area (Å²) >= 11 is 0. The molecule has 2 unspecified atom stereocenters. The number of hydrogen-bond donors (Lipinski definition) is 0. The minimum Gasteiger partial charge on any atom is -0.270 e. The highest BCUT2D eigenvalue weighted by Crippen LogP contribution is 2.26. The molecule has 0 aromatic heterocycles. The molecule has 2 atom stereocenters. The average molecular weight is 361 g/mol. The van der Waals surface area contributed by atoms with Crippen molar-refractivity contribution in [1.82, 2.24) is 14.8 Å². The van der Waals surface area contributed by atoms with E-state index in [2.05, 4.69) is 23.9 Å². The summed E-state index contributed by atoms with van der Waals surface area (Å²) in [6, 6.07) is -0.924. The van der Waals surface area contributed by atoms with Gasteiger partial charge in [-0.1, -0.05) is 32.7 Å². The second-order valence-electron chi connectivity index (χ2n) is 8.16. The van der Waals surface area contributed by atoms with Gasteiger partial charge in [-0.05, 0) is 25.7 Å². The number of amidine groups is 1. The van der Waals surface area contributed by atoms with Crippen molar-refractivity contribution in [2.75, 3.05) is 20.1 Å². The molecule has 0 radical (unpaired) electrons. The molecule has 8 heteroatoms. The number of carbonyl (C=O) groups excluding carboxylic acids is 2. The number of rotatable bonds is 4. The van der Waals surface area contributed by atoms with E-state index in [1.165, 1.54) is 9.80 Å². The fourth-order valence-electron chi connectivity index (χ4n) is 3.58. The van der Waals surface area contributed by atoms with Crippen LogP contribution in [0.3, 0.4) is 0 Å². The summed E-state index contributed by atoms with van der Waals surface area (Å²) in [6.07, 6.45) is 0. The summed E-state index contributed by atoms with van der Waals surface area (Å²) in [7, 11) is 1.69. The summed E-state index contributed by atoms with van der Waals surface area (Å²) in [6.45, 7) is 13.4. The van der Waals surface area contributed by atoms with Crippen molar-refractivity contribution >= 4 is 29.4 Å². The van der Waals surface area contributed by atoms with Crippen molar-refractivity contribution in [3.8, 4) is 0 Å². The van der Waals surface area contributed by atoms with Gasteiger partial charge in [0.25, 0.3) is 5.91 Å². The van der Waals surface area contributed by atoms with Gasteiger partial charge in [-0.3, -0.25) is 14.6 Å². The molecule has 3 heterocycles. The Kier molecular flexibility index (Phi) is 4.62. The van der Waals surface area contributed by atoms with E-state index in [-0.39, 0.29) is 23.9 Å². The number of urea groups is 1. The van der Waals surface area contributed by atoms with E-state index < -0.39 is 6.04 Å². The van der Waals surface area contributed by atoms with Crippen LogP contribution in [-0.2, 0) is 4.79 Å². The standard InChI is InChI=1S/C18H29N6O2/c1-10(2)8-22-16(25)14-15(21(7)18(22)26)19-17-23(9-11(3)4)20-12(5)13(6)24(14)17/h10-11,13-14H,8-9H2,1-7H3/q+1. The second kappa shape index (κ2) is 6.48. The van der Waals surface area contributed by atoms with Crippen molar-refractivity contribution in [3.05, 3.63) is 0 Å². The lowest BCUT2D eigenvalue weighted by Crippen LogP contribution is -2.65. The van der Waals surface area contributed by atoms with Gasteiger partial charge in [-0.25, -0.2) is 9.37 Å². The monoisotopic (exact) mass is 361 g/mol. The third kappa shape index (κ3) is 2.81. The fourth-order valence-corrected chi connectivity index (χ4v) is 3.58. The Morgan fingerprint density at radius 2 is 1.73 bits per heavy atom. The highest BCUT2D eigenvalue weighted by Gasteiger charge is 2.56. The maximum Gasteiger partial charge on any atom is 0.416 e. The molecule has 3 amide bonds. The van der Waals surface area contributed by atoms with E-state index >= 15 is 0 Å². The number of fused-ring (bicyclic) bond motifs is 2. The highest BCUT2D eigenvalue weighted by molar-refractivity contribution is 6.23. The van der Waals surface area contributed by atoms with Crippen LogP contribution >= 0.6 is 0 Å². The van der Waals surface area contributed by atoms with E-state index in [1.807, 2.05) is 37.3 Å². The van der Waals surface area contributed by atoms with Gasteiger partial charge in [0, 0.05) is 13.6 Å². The number of guanidine groups is 1. The summed E-state index contributed by atoms with van der Waals surface area (Å²) < 4.78 is 2.01. The largest absolute Gasteiger partial charge is 0.416 e. The van der Waals surface area contributed by atoms with Crippen molar-refractivity contribution in [3.63, 3.8) is 0 Å². The lowest BCUT2D eigenvalue weighted by atomic mass is 10.1. The van der Waals surface area contributed by atoms with Crippen LogP contribution in [0, 0.1) is 11.8 Å². The normalized spacial score (nSPS) is 26.0. The average Bonchev–Trinajstić information content (AvgIpc) is 2.95. The summed E-state index contributed by atoms with van der Waals surface area (Å²) in [5, 5.41) is 6.54. The molecule has 8 nitrogen and oxygen atoms in total. The molecule has 3 aliphatic rings. The number of likely N-dealkylation sites (N-methyl/N-ethyl adjacent to an activating group) is 1. The predicted molar refractivity (Wildman–Crippen MR) is 100 cm³/mol. The third-order valence-corrected chi connectivity index (χ3v) is 4.95. The molecule has 0 aromatic rings. The van der Waals surface area contributed by atoms with Gasteiger partial charge in [-0.15, -0.1) is 10.1 Å². The first-order chi connectivity index (χ1) is 12.1. The zero-order valence-electron chi connectivity index (χ0n) is 16.7. The quantitative estimate of drug-likeness (QED) is 0.711. The topological polar surface area (TPSA) is 71.6 Å². The van der Waals surface area contributed by atoms with E-state index in [0.29, 0.717) is 30.8 Å². The van der Waals surface area contributed by atoms with E-state index in [1.54, 1.807) is 7.05 Å². The maximum absolute atomic E-state index is 13.2. The summed E-state index contributed by atoms with van der Waals surface area (Å²) in [5.74, 6) is 1.57. The van der Waals surface area contributed by atoms with E-state index in [0.717, 1.165) is 5.71 Å². The molecule has 3 aliphatic heterocycles. The Bertz CT molecular complexity index is 736. The summed E-state index contributed by atoms with van der Waals surface area (Å²) in [5.41, 5.74) is 0.939. The number of hydrogen-bond acceptors (Lipinski definition) is 5. The molecule has 0 saturated carbocycles. The van der Waals surface area contributed by atoms with Gasteiger partial charge < -0.3 is 0 Å². The molecule has 0 N–H and O–H groups in total. The number of amides is 3. The predicted octanol–water partition coefficient (Wildman–Crippen LogP) is 1.42. The van der Waals surface area contributed by atoms with Crippen molar-refractivity contribution < 1.29 is 14.2 Å². The number of aliphatic imine (C=N–C) groups is 1. The number of nitrogens with zero attached hydrogens (tertiary/aromatic N) is 6. The molecular formula is C18H29N6O2+. The molecule has 1 saturated heterocycles. The third-order valence-electron chi connectivity index (χ3n) is 4.95. The van der Waals surface area contributed by atoms with Crippen LogP contribution in [-0.4, -0.2) is 81.1 Å². The molecule has 0 aromatic carbocycles. The molecule has 1 fully saturated rings. The van der Waals surface area contributed by atoms with Crippen molar-refractivity contribution in [1.29, 1.82) is 0 Å². The second-order valence-corrected chi connectivity index (χ2v) is 8.16. The van der Waals surface area contributed by atoms with Crippen molar-refractivity contribution in [2.45, 2.75) is 53.6 Å². The Labute approximate surface area is 154 Å². The number of carbonyl (C=O) groups is 2. The number of imide groups is 1. The number of hydrazone groups is 1. The van der Waals surface area contributed by atoms with E-state index in [9.17, 15) is 9.59 Å². The molecule has 142 valence electrons. The van der Waals surface area contributed by atoms with Crippen LogP contribution in [0.4, 0.5) is 4.79 Å². The first-order valence-electron chi connectivity index (χ1n) is 9.29. The maximum atomic E-state index is 13.2. The SMILES string of the molecule is CC1=NN(CC(C)C)C2=[N+](C1C)C1C(=O)N(CC(C)C)C(=O)N(C)C1=N2. The Hall–Kier alpha value is -2.25. The first-order valence-corrected chi connectivity index (χ1v) is 9.29. The fraction of sp³-hybridized carbons (Fsp3) is 0.722. The Balaban J connectivity index is 2.05. The van der Waals surface area contributed by atoms with Gasteiger partial charge in [0.1, 0.15) is 6.04 Å². The zero-order chi connectivity index (χ0) is 19.3. The van der Waals surface area contributed by atoms with Gasteiger partial charge in [-0.2, -0.15) is 0 Å². The minimum atomic E-state index is -0.568. The molecular weight excluding hydrogens is 332 g/mol. The van der Waals surface area contributed by atoms with Crippen molar-refractivity contribution in [2.24, 2.45) is 21.9 Å². The molecule has 0 aliphatic carbocycles. The van der Waals surface area contributed by atoms with Gasteiger partial charge >= 0.3 is 12.0 Å². The van der Waals surface area contributed by atoms with Gasteiger partial charge in [0.15, 0.2) is 0 Å². The molecule has 0 spiro atoms. The minimum absolute atomic E-state index is 0.0499. The molecule has 3 rings (SSSR count). The van der Waals surface area contributed by atoms with Crippen LogP contribution in [0.2, 0.25) is 0 Å². The van der Waals surface area contributed by atoms with Gasteiger partial charge in [0.05, 0.1) is 12.3 Å². The van der Waals surface area contributed by atoms with Crippen LogP contribution in [0.5, 0.6) is 0 Å². The lowest BCUT2D eigenvalue weighted by molar-refractivity contribution is -0.559. The van der Waals surface area contributed by atoms with Crippen LogP contribution < -0.4 is 0 Å². The zero-order valence-corrected chi connectivity index (χ0v) is 16.7. The molecule has 0 bridgehead atoms. The summed E-state index contributed by atoms with van der Waals surface area (Å²) in [4.78, 5) is 33.5. The van der Waals surface area contributed by atoms with Gasteiger partial charge in [0.2, 0.25) is 11.9 Å². The lowest BCUT2D eigenvalue weighted by Gasteiger charge is -2.36. The smallest absolute Gasteiger partial charge is 0.270 e. The first kappa shape index (κ1) is 18.5. The van der Waals surface area contributed by atoms with E-state index in [4.69, 9.17) is 0 Å². The van der Waals surface area contributed by atoms with Crippen LogP contribution in [0.15, 0.2) is 10.1 Å². The Morgan fingerprint density at radius 1 is 1.12 bits per heavy atom. The molecule has 26 heavy (non-hydrogen) atoms. The van der Waals surface area contributed by atoms with Crippen LogP contribution in [0.25, 0.3) is 0 Å². The highest BCUT2D eigenvalue weighted by atomic mass is 16.2.